The number of carbonyl (C=O) groups is 2. The largest absolute Gasteiger partial charge is 0.396 e. The molecule has 25 heavy (non-hydrogen) atoms. The molecule has 4 N–H and O–H groups in total. The normalized spacial score (nSPS) is 20.6. The number of aromatic nitrogens is 1. The number of rotatable bonds is 6. The summed E-state index contributed by atoms with van der Waals surface area (Å²) in [7, 11) is 0. The van der Waals surface area contributed by atoms with Gasteiger partial charge in [-0.1, -0.05) is 30.4 Å². The molecule has 6 nitrogen and oxygen atoms in total. The van der Waals surface area contributed by atoms with E-state index in [-0.39, 0.29) is 30.4 Å². The van der Waals surface area contributed by atoms with E-state index in [2.05, 4.69) is 15.6 Å². The van der Waals surface area contributed by atoms with Crippen molar-refractivity contribution in [2.45, 2.75) is 31.8 Å². The lowest BCUT2D eigenvalue weighted by Gasteiger charge is -2.20. The van der Waals surface area contributed by atoms with Crippen molar-refractivity contribution in [1.82, 2.24) is 15.6 Å². The fourth-order valence-electron chi connectivity index (χ4n) is 3.28. The average molecular weight is 341 g/mol. The molecule has 0 spiro atoms. The molecule has 0 radical (unpaired) electrons. The van der Waals surface area contributed by atoms with Crippen molar-refractivity contribution in [3.63, 3.8) is 0 Å². The summed E-state index contributed by atoms with van der Waals surface area (Å²) in [6.45, 7) is 1.49. The van der Waals surface area contributed by atoms with Gasteiger partial charge in [-0.25, -0.2) is 0 Å². The van der Waals surface area contributed by atoms with Crippen molar-refractivity contribution in [3.05, 3.63) is 48.2 Å². The van der Waals surface area contributed by atoms with E-state index in [9.17, 15) is 14.7 Å². The van der Waals surface area contributed by atoms with Crippen LogP contribution in [0.25, 0.3) is 10.9 Å². The van der Waals surface area contributed by atoms with E-state index in [1.807, 2.05) is 42.6 Å². The van der Waals surface area contributed by atoms with E-state index in [0.717, 1.165) is 16.5 Å². The summed E-state index contributed by atoms with van der Waals surface area (Å²) < 4.78 is 0. The molecule has 0 bridgehead atoms. The van der Waals surface area contributed by atoms with E-state index in [0.29, 0.717) is 12.8 Å². The minimum atomic E-state index is -0.640. The first kappa shape index (κ1) is 17.2. The Morgan fingerprint density at radius 3 is 2.84 bits per heavy atom. The van der Waals surface area contributed by atoms with Crippen LogP contribution in [0, 0.1) is 5.92 Å². The lowest BCUT2D eigenvalue weighted by atomic mass is 10.0. The van der Waals surface area contributed by atoms with Crippen LogP contribution >= 0.6 is 0 Å². The molecule has 3 atom stereocenters. The number of H-pyrrole nitrogens is 1. The molecule has 132 valence electrons. The van der Waals surface area contributed by atoms with Crippen molar-refractivity contribution in [1.29, 1.82) is 0 Å². The zero-order valence-corrected chi connectivity index (χ0v) is 14.2. The van der Waals surface area contributed by atoms with Crippen LogP contribution in [0.3, 0.4) is 0 Å². The summed E-state index contributed by atoms with van der Waals surface area (Å²) in [5.41, 5.74) is 1.99. The molecule has 2 amide bonds. The number of hydrogen-bond donors (Lipinski definition) is 4. The summed E-state index contributed by atoms with van der Waals surface area (Å²) >= 11 is 0. The standard InChI is InChI=1S/C19H23N3O3/c1-12(24)21-18(19(25)22-15-7-6-13(8-15)11-23)9-14-10-20-17-5-3-2-4-16(14)17/h2-7,10,13,15,18,20,23H,8-9,11H2,1H3,(H,21,24)(H,22,25)/t13-,15+,18?/m0/s1. The van der Waals surface area contributed by atoms with Crippen molar-refractivity contribution in [2.24, 2.45) is 5.92 Å². The summed E-state index contributed by atoms with van der Waals surface area (Å²) in [5, 5.41) is 15.9. The highest BCUT2D eigenvalue weighted by Gasteiger charge is 2.25. The fourth-order valence-corrected chi connectivity index (χ4v) is 3.28. The van der Waals surface area contributed by atoms with Gasteiger partial charge in [-0.15, -0.1) is 0 Å². The van der Waals surface area contributed by atoms with E-state index >= 15 is 0 Å². The Bertz CT molecular complexity index is 796. The zero-order valence-electron chi connectivity index (χ0n) is 14.2. The maximum atomic E-state index is 12.7. The number of para-hydroxylation sites is 1. The summed E-state index contributed by atoms with van der Waals surface area (Å²) in [4.78, 5) is 27.4. The Balaban J connectivity index is 1.72. The van der Waals surface area contributed by atoms with Gasteiger partial charge in [0.1, 0.15) is 6.04 Å². The van der Waals surface area contributed by atoms with Crippen molar-refractivity contribution < 1.29 is 14.7 Å². The monoisotopic (exact) mass is 341 g/mol. The lowest BCUT2D eigenvalue weighted by Crippen LogP contribution is -2.49. The molecule has 1 aromatic carbocycles. The van der Waals surface area contributed by atoms with Gasteiger partial charge in [-0.3, -0.25) is 9.59 Å². The number of nitrogens with one attached hydrogen (secondary N) is 3. The van der Waals surface area contributed by atoms with E-state index in [4.69, 9.17) is 0 Å². The number of amides is 2. The van der Waals surface area contributed by atoms with Gasteiger partial charge in [0.2, 0.25) is 11.8 Å². The van der Waals surface area contributed by atoms with Crippen LogP contribution in [0.2, 0.25) is 0 Å². The summed E-state index contributed by atoms with van der Waals surface area (Å²) in [6, 6.07) is 7.12. The van der Waals surface area contributed by atoms with Crippen LogP contribution in [-0.2, 0) is 16.0 Å². The second kappa shape index (κ2) is 7.53. The van der Waals surface area contributed by atoms with Gasteiger partial charge in [-0.2, -0.15) is 0 Å². The van der Waals surface area contributed by atoms with Crippen LogP contribution in [0.1, 0.15) is 18.9 Å². The molecule has 0 saturated carbocycles. The minimum absolute atomic E-state index is 0.0767. The number of fused-ring (bicyclic) bond motifs is 1. The molecular weight excluding hydrogens is 318 g/mol. The molecule has 0 fully saturated rings. The van der Waals surface area contributed by atoms with Crippen molar-refractivity contribution in [2.75, 3.05) is 6.61 Å². The van der Waals surface area contributed by atoms with Crippen LogP contribution in [0.15, 0.2) is 42.6 Å². The molecule has 0 saturated heterocycles. The third-order valence-electron chi connectivity index (χ3n) is 4.53. The Morgan fingerprint density at radius 1 is 1.32 bits per heavy atom. The predicted octanol–water partition coefficient (Wildman–Crippen LogP) is 1.27. The number of benzene rings is 1. The highest BCUT2D eigenvalue weighted by molar-refractivity contribution is 5.89. The molecular formula is C19H23N3O3. The Labute approximate surface area is 146 Å². The maximum absolute atomic E-state index is 12.7. The van der Waals surface area contributed by atoms with Crippen LogP contribution in [-0.4, -0.2) is 40.6 Å². The number of aliphatic hydroxyl groups excluding tert-OH is 1. The molecule has 1 aromatic heterocycles. The highest BCUT2D eigenvalue weighted by atomic mass is 16.3. The highest BCUT2D eigenvalue weighted by Crippen LogP contribution is 2.20. The van der Waals surface area contributed by atoms with Crippen molar-refractivity contribution >= 4 is 22.7 Å². The summed E-state index contributed by atoms with van der Waals surface area (Å²) in [5.74, 6) is -0.373. The van der Waals surface area contributed by atoms with Gasteiger partial charge in [0.25, 0.3) is 0 Å². The maximum Gasteiger partial charge on any atom is 0.243 e. The zero-order chi connectivity index (χ0) is 17.8. The van der Waals surface area contributed by atoms with Crippen LogP contribution in [0.4, 0.5) is 0 Å². The average Bonchev–Trinajstić information content (AvgIpc) is 3.21. The first-order chi connectivity index (χ1) is 12.1. The molecule has 1 heterocycles. The third-order valence-corrected chi connectivity index (χ3v) is 4.53. The number of aromatic amines is 1. The topological polar surface area (TPSA) is 94.2 Å². The Morgan fingerprint density at radius 2 is 2.12 bits per heavy atom. The first-order valence-electron chi connectivity index (χ1n) is 8.48. The molecule has 1 unspecified atom stereocenters. The number of carbonyl (C=O) groups excluding carboxylic acids is 2. The van der Waals surface area contributed by atoms with Crippen molar-refractivity contribution in [3.8, 4) is 0 Å². The quantitative estimate of drug-likeness (QED) is 0.596. The molecule has 1 aliphatic carbocycles. The van der Waals surface area contributed by atoms with Gasteiger partial charge in [0, 0.05) is 49.0 Å². The van der Waals surface area contributed by atoms with Gasteiger partial charge in [0.15, 0.2) is 0 Å². The van der Waals surface area contributed by atoms with E-state index < -0.39 is 6.04 Å². The lowest BCUT2D eigenvalue weighted by molar-refractivity contribution is -0.128. The predicted molar refractivity (Wildman–Crippen MR) is 95.9 cm³/mol. The second-order valence-corrected chi connectivity index (χ2v) is 6.50. The van der Waals surface area contributed by atoms with Crippen LogP contribution in [0.5, 0.6) is 0 Å². The van der Waals surface area contributed by atoms with E-state index in [1.54, 1.807) is 0 Å². The van der Waals surface area contributed by atoms with Gasteiger partial charge in [-0.05, 0) is 18.1 Å². The first-order valence-corrected chi connectivity index (χ1v) is 8.48. The fraction of sp³-hybridized carbons (Fsp3) is 0.368. The molecule has 1 aliphatic rings. The molecule has 2 aromatic rings. The number of hydrogen-bond acceptors (Lipinski definition) is 3. The van der Waals surface area contributed by atoms with Gasteiger partial charge in [0.05, 0.1) is 0 Å². The molecule has 3 rings (SSSR count). The number of aliphatic hydroxyl groups is 1. The minimum Gasteiger partial charge on any atom is -0.396 e. The van der Waals surface area contributed by atoms with Gasteiger partial charge >= 0.3 is 0 Å². The summed E-state index contributed by atoms with van der Waals surface area (Å²) in [6.07, 6.45) is 6.79. The Hall–Kier alpha value is -2.60. The van der Waals surface area contributed by atoms with Crippen LogP contribution < -0.4 is 10.6 Å². The third kappa shape index (κ3) is 4.09. The second-order valence-electron chi connectivity index (χ2n) is 6.50. The molecule has 6 heteroatoms. The van der Waals surface area contributed by atoms with E-state index in [1.165, 1.54) is 6.92 Å². The SMILES string of the molecule is CC(=O)NC(Cc1c[nH]c2ccccc12)C(=O)N[C@@H]1C=C[C@H](CO)C1. The Kier molecular flexibility index (Phi) is 5.19. The molecule has 0 aliphatic heterocycles. The smallest absolute Gasteiger partial charge is 0.243 e. The van der Waals surface area contributed by atoms with Gasteiger partial charge < -0.3 is 20.7 Å².